The van der Waals surface area contributed by atoms with Crippen molar-refractivity contribution < 1.29 is 9.63 Å². The Kier molecular flexibility index (Phi) is 4.42. The van der Waals surface area contributed by atoms with Crippen molar-refractivity contribution in [2.24, 2.45) is 0 Å². The molecule has 4 rings (SSSR count). The van der Waals surface area contributed by atoms with E-state index < -0.39 is 0 Å². The standard InChI is InChI=1S/C18H19N3O2S/c22-14-9-11-21(12-10-14)24-16-8-4-7-15-17(16)23-20-18(15)19-13-5-2-1-3-6-13/h1-8,14,22H,9-12H2,(H,19,20). The topological polar surface area (TPSA) is 61.5 Å². The fraction of sp³-hybridized carbons (Fsp3) is 0.278. The van der Waals surface area contributed by atoms with Gasteiger partial charge in [0.15, 0.2) is 11.4 Å². The summed E-state index contributed by atoms with van der Waals surface area (Å²) in [5, 5.41) is 18.1. The first kappa shape index (κ1) is 15.5. The molecule has 0 saturated carbocycles. The molecule has 1 fully saturated rings. The van der Waals surface area contributed by atoms with Crippen LogP contribution < -0.4 is 5.32 Å². The molecule has 5 nitrogen and oxygen atoms in total. The van der Waals surface area contributed by atoms with Gasteiger partial charge < -0.3 is 14.9 Å². The van der Waals surface area contributed by atoms with Gasteiger partial charge in [-0.1, -0.05) is 29.4 Å². The molecular formula is C18H19N3O2S. The van der Waals surface area contributed by atoms with Crippen LogP contribution in [0.5, 0.6) is 0 Å². The average Bonchev–Trinajstić information content (AvgIpc) is 3.02. The number of anilines is 2. The highest BCUT2D eigenvalue weighted by atomic mass is 32.2. The Bertz CT molecular complexity index is 814. The Hall–Kier alpha value is -2.02. The quantitative estimate of drug-likeness (QED) is 0.699. The van der Waals surface area contributed by atoms with Crippen molar-refractivity contribution in [2.45, 2.75) is 23.8 Å². The van der Waals surface area contributed by atoms with Crippen LogP contribution >= 0.6 is 11.9 Å². The number of nitrogens with zero attached hydrogens (tertiary/aromatic N) is 2. The van der Waals surface area contributed by atoms with Crippen LogP contribution in [0.4, 0.5) is 11.5 Å². The van der Waals surface area contributed by atoms with Crippen LogP contribution in [-0.2, 0) is 0 Å². The van der Waals surface area contributed by atoms with Gasteiger partial charge in [-0.2, -0.15) is 0 Å². The van der Waals surface area contributed by atoms with Crippen molar-refractivity contribution >= 4 is 34.4 Å². The molecule has 1 aliphatic rings. The molecule has 24 heavy (non-hydrogen) atoms. The first-order valence-corrected chi connectivity index (χ1v) is 8.88. The zero-order valence-electron chi connectivity index (χ0n) is 13.2. The lowest BCUT2D eigenvalue weighted by Crippen LogP contribution is -2.30. The van der Waals surface area contributed by atoms with Crippen molar-refractivity contribution in [3.8, 4) is 0 Å². The normalized spacial score (nSPS) is 16.5. The Labute approximate surface area is 144 Å². The van der Waals surface area contributed by atoms with Gasteiger partial charge in [0.05, 0.1) is 16.4 Å². The molecular weight excluding hydrogens is 322 g/mol. The van der Waals surface area contributed by atoms with Gasteiger partial charge in [-0.3, -0.25) is 0 Å². The Morgan fingerprint density at radius 3 is 2.67 bits per heavy atom. The zero-order valence-corrected chi connectivity index (χ0v) is 14.0. The molecule has 1 aliphatic heterocycles. The smallest absolute Gasteiger partial charge is 0.183 e. The summed E-state index contributed by atoms with van der Waals surface area (Å²) in [4.78, 5) is 1.05. The molecule has 1 aromatic heterocycles. The lowest BCUT2D eigenvalue weighted by Gasteiger charge is -2.28. The second-order valence-electron chi connectivity index (χ2n) is 5.91. The fourth-order valence-electron chi connectivity index (χ4n) is 2.83. The highest BCUT2D eigenvalue weighted by molar-refractivity contribution is 7.97. The van der Waals surface area contributed by atoms with Gasteiger partial charge in [0.1, 0.15) is 0 Å². The predicted molar refractivity (Wildman–Crippen MR) is 96.4 cm³/mol. The molecule has 0 aliphatic carbocycles. The van der Waals surface area contributed by atoms with Gasteiger partial charge in [0.25, 0.3) is 0 Å². The van der Waals surface area contributed by atoms with Gasteiger partial charge >= 0.3 is 0 Å². The summed E-state index contributed by atoms with van der Waals surface area (Å²) >= 11 is 1.68. The van der Waals surface area contributed by atoms with E-state index in [2.05, 4.69) is 20.8 Å². The number of aromatic nitrogens is 1. The van der Waals surface area contributed by atoms with Crippen LogP contribution in [0.2, 0.25) is 0 Å². The third-order valence-electron chi connectivity index (χ3n) is 4.15. The minimum absolute atomic E-state index is 0.162. The number of para-hydroxylation sites is 2. The van der Waals surface area contributed by atoms with Gasteiger partial charge in [-0.15, -0.1) is 0 Å². The average molecular weight is 341 g/mol. The van der Waals surface area contributed by atoms with E-state index in [1.165, 1.54) is 0 Å². The minimum Gasteiger partial charge on any atom is -0.393 e. The van der Waals surface area contributed by atoms with Crippen LogP contribution in [0, 0.1) is 0 Å². The SMILES string of the molecule is OC1CCN(Sc2cccc3c(Nc4ccccc4)noc23)CC1. The van der Waals surface area contributed by atoms with Crippen molar-refractivity contribution in [1.29, 1.82) is 0 Å². The molecule has 3 aromatic rings. The Morgan fingerprint density at radius 1 is 1.08 bits per heavy atom. The van der Waals surface area contributed by atoms with Crippen LogP contribution in [0.3, 0.4) is 0 Å². The van der Waals surface area contributed by atoms with Crippen molar-refractivity contribution in [3.63, 3.8) is 0 Å². The van der Waals surface area contributed by atoms with Crippen molar-refractivity contribution in [2.75, 3.05) is 18.4 Å². The van der Waals surface area contributed by atoms with Gasteiger partial charge in [0.2, 0.25) is 0 Å². The molecule has 2 N–H and O–H groups in total. The van der Waals surface area contributed by atoms with E-state index in [0.717, 1.165) is 53.3 Å². The molecule has 124 valence electrons. The maximum Gasteiger partial charge on any atom is 0.183 e. The van der Waals surface area contributed by atoms with E-state index in [1.807, 2.05) is 42.5 Å². The van der Waals surface area contributed by atoms with Crippen LogP contribution in [-0.4, -0.2) is 33.8 Å². The second-order valence-corrected chi connectivity index (χ2v) is 7.05. The molecule has 0 spiro atoms. The van der Waals surface area contributed by atoms with E-state index in [-0.39, 0.29) is 6.10 Å². The number of fused-ring (bicyclic) bond motifs is 1. The lowest BCUT2D eigenvalue weighted by atomic mass is 10.1. The summed E-state index contributed by atoms with van der Waals surface area (Å²) in [5.41, 5.74) is 1.78. The number of hydrogen-bond acceptors (Lipinski definition) is 6. The number of aliphatic hydroxyl groups is 1. The van der Waals surface area contributed by atoms with Crippen molar-refractivity contribution in [3.05, 3.63) is 48.5 Å². The summed E-state index contributed by atoms with van der Waals surface area (Å²) in [6, 6.07) is 16.0. The van der Waals surface area contributed by atoms with Gasteiger partial charge in [-0.05, 0) is 49.1 Å². The number of rotatable bonds is 4. The Balaban J connectivity index is 1.57. The fourth-order valence-corrected chi connectivity index (χ4v) is 3.87. The van der Waals surface area contributed by atoms with E-state index in [4.69, 9.17) is 4.52 Å². The Morgan fingerprint density at radius 2 is 1.88 bits per heavy atom. The summed E-state index contributed by atoms with van der Waals surface area (Å²) < 4.78 is 7.88. The first-order chi connectivity index (χ1) is 11.8. The molecule has 0 atom stereocenters. The van der Waals surface area contributed by atoms with Gasteiger partial charge in [0, 0.05) is 18.8 Å². The molecule has 1 saturated heterocycles. The summed E-state index contributed by atoms with van der Waals surface area (Å²) in [7, 11) is 0. The summed E-state index contributed by atoms with van der Waals surface area (Å²) in [5.74, 6) is 0.729. The molecule has 0 radical (unpaired) electrons. The molecule has 6 heteroatoms. The monoisotopic (exact) mass is 341 g/mol. The molecule has 2 heterocycles. The van der Waals surface area contributed by atoms with E-state index in [1.54, 1.807) is 11.9 Å². The van der Waals surface area contributed by atoms with Gasteiger partial charge in [-0.25, -0.2) is 4.31 Å². The summed E-state index contributed by atoms with van der Waals surface area (Å²) in [6.45, 7) is 1.76. The molecule has 0 bridgehead atoms. The molecule has 2 aromatic carbocycles. The highest BCUT2D eigenvalue weighted by Gasteiger charge is 2.20. The molecule has 0 amide bonds. The number of nitrogens with one attached hydrogen (secondary N) is 1. The third-order valence-corrected chi connectivity index (χ3v) is 5.29. The second kappa shape index (κ2) is 6.84. The number of piperidine rings is 1. The van der Waals surface area contributed by atoms with Crippen LogP contribution in [0.15, 0.2) is 57.9 Å². The highest BCUT2D eigenvalue weighted by Crippen LogP contribution is 2.35. The van der Waals surface area contributed by atoms with Crippen molar-refractivity contribution in [1.82, 2.24) is 9.46 Å². The van der Waals surface area contributed by atoms with E-state index in [9.17, 15) is 5.11 Å². The lowest BCUT2D eigenvalue weighted by molar-refractivity contribution is 0.116. The third kappa shape index (κ3) is 3.26. The number of aliphatic hydroxyl groups excluding tert-OH is 1. The largest absolute Gasteiger partial charge is 0.393 e. The maximum absolute atomic E-state index is 9.64. The van der Waals surface area contributed by atoms with Crippen LogP contribution in [0.25, 0.3) is 11.0 Å². The van der Waals surface area contributed by atoms with E-state index >= 15 is 0 Å². The first-order valence-electron chi connectivity index (χ1n) is 8.11. The minimum atomic E-state index is -0.162. The summed E-state index contributed by atoms with van der Waals surface area (Å²) in [6.07, 6.45) is 1.48. The maximum atomic E-state index is 9.64. The van der Waals surface area contributed by atoms with Crippen LogP contribution in [0.1, 0.15) is 12.8 Å². The predicted octanol–water partition coefficient (Wildman–Crippen LogP) is 4.04. The van der Waals surface area contributed by atoms with E-state index in [0.29, 0.717) is 0 Å². The molecule has 0 unspecified atom stereocenters. The number of hydrogen-bond donors (Lipinski definition) is 2. The zero-order chi connectivity index (χ0) is 16.4. The number of benzene rings is 2.